The Kier molecular flexibility index (Phi) is 3.13. The Hall–Kier alpha value is -0.910. The van der Waals surface area contributed by atoms with Gasteiger partial charge >= 0.3 is 0 Å². The smallest absolute Gasteiger partial charge is 0.0954 e. The molecule has 1 saturated heterocycles. The number of hydrogen-bond acceptors (Lipinski definition) is 4. The second kappa shape index (κ2) is 4.54. The zero-order chi connectivity index (χ0) is 9.80. The van der Waals surface area contributed by atoms with Gasteiger partial charge in [-0.1, -0.05) is 0 Å². The lowest BCUT2D eigenvalue weighted by Gasteiger charge is -2.13. The van der Waals surface area contributed by atoms with Crippen molar-refractivity contribution < 1.29 is 14.6 Å². The van der Waals surface area contributed by atoms with Crippen LogP contribution in [-0.4, -0.2) is 41.1 Å². The van der Waals surface area contributed by atoms with E-state index in [1.54, 1.807) is 6.33 Å². The Morgan fingerprint density at radius 3 is 2.71 bits per heavy atom. The van der Waals surface area contributed by atoms with Gasteiger partial charge in [0, 0.05) is 6.20 Å². The first-order valence-electron chi connectivity index (χ1n) is 4.69. The van der Waals surface area contributed by atoms with Crippen molar-refractivity contribution in [3.8, 4) is 0 Å². The molecular weight excluding hydrogens is 184 g/mol. The molecule has 0 unspecified atom stereocenters. The molecule has 1 aliphatic rings. The Morgan fingerprint density at radius 1 is 1.43 bits per heavy atom. The normalized spacial score (nSPS) is 19.5. The molecule has 5 heteroatoms. The van der Waals surface area contributed by atoms with E-state index in [9.17, 15) is 0 Å². The lowest BCUT2D eigenvalue weighted by molar-refractivity contribution is 0.103. The van der Waals surface area contributed by atoms with Crippen LogP contribution in [0.2, 0.25) is 0 Å². The molecule has 2 rings (SSSR count). The predicted molar refractivity (Wildman–Crippen MR) is 48.8 cm³/mol. The first-order valence-corrected chi connectivity index (χ1v) is 4.69. The summed E-state index contributed by atoms with van der Waals surface area (Å²) in [7, 11) is 0. The number of hydrogen-bond donors (Lipinski definition) is 1. The van der Waals surface area contributed by atoms with E-state index >= 15 is 0 Å². The van der Waals surface area contributed by atoms with Gasteiger partial charge in [0.1, 0.15) is 0 Å². The van der Waals surface area contributed by atoms with Crippen LogP contribution in [0.4, 0.5) is 0 Å². The summed E-state index contributed by atoms with van der Waals surface area (Å²) in [5.41, 5.74) is 0.675. The highest BCUT2D eigenvalue weighted by molar-refractivity contribution is 4.96. The molecule has 0 aromatic carbocycles. The fourth-order valence-electron chi connectivity index (χ4n) is 1.44. The summed E-state index contributed by atoms with van der Waals surface area (Å²) < 4.78 is 12.7. The monoisotopic (exact) mass is 198 g/mol. The number of ether oxygens (including phenoxy) is 2. The minimum Gasteiger partial charge on any atom is -0.390 e. The van der Waals surface area contributed by atoms with Crippen LogP contribution in [0.5, 0.6) is 0 Å². The van der Waals surface area contributed by atoms with E-state index < -0.39 is 0 Å². The third-order valence-corrected chi connectivity index (χ3v) is 2.23. The van der Waals surface area contributed by atoms with Crippen LogP contribution in [-0.2, 0) is 16.1 Å². The Morgan fingerprint density at radius 2 is 2.14 bits per heavy atom. The summed E-state index contributed by atoms with van der Waals surface area (Å²) in [4.78, 5) is 4.04. The van der Waals surface area contributed by atoms with Crippen LogP contribution in [0.15, 0.2) is 12.5 Å². The SMILES string of the molecule is OCc1cn(C2COCCOC2)cn1. The number of nitrogens with zero attached hydrogens (tertiary/aromatic N) is 2. The van der Waals surface area contributed by atoms with Gasteiger partial charge in [0.25, 0.3) is 0 Å². The molecule has 0 radical (unpaired) electrons. The first kappa shape index (κ1) is 9.64. The maximum Gasteiger partial charge on any atom is 0.0954 e. The zero-order valence-corrected chi connectivity index (χ0v) is 7.93. The van der Waals surface area contributed by atoms with Crippen molar-refractivity contribution in [1.29, 1.82) is 0 Å². The van der Waals surface area contributed by atoms with Crippen molar-refractivity contribution in [2.24, 2.45) is 0 Å². The van der Waals surface area contributed by atoms with Crippen LogP contribution >= 0.6 is 0 Å². The van der Waals surface area contributed by atoms with E-state index in [0.29, 0.717) is 32.1 Å². The minimum atomic E-state index is -0.0264. The predicted octanol–water partition coefficient (Wildman–Crippen LogP) is -0.0367. The Balaban J connectivity index is 2.04. The van der Waals surface area contributed by atoms with E-state index in [0.717, 1.165) is 0 Å². The molecule has 78 valence electrons. The van der Waals surface area contributed by atoms with Gasteiger partial charge in [0.15, 0.2) is 0 Å². The molecule has 0 aliphatic carbocycles. The summed E-state index contributed by atoms with van der Waals surface area (Å²) in [6.07, 6.45) is 3.52. The standard InChI is InChI=1S/C9H14N2O3/c12-4-8-3-11(7-10-8)9-5-13-1-2-14-6-9/h3,7,9,12H,1-2,4-6H2. The highest BCUT2D eigenvalue weighted by atomic mass is 16.5. The summed E-state index contributed by atoms with van der Waals surface area (Å²) in [5, 5.41) is 8.87. The van der Waals surface area contributed by atoms with Crippen molar-refractivity contribution in [2.45, 2.75) is 12.6 Å². The molecule has 0 amide bonds. The summed E-state index contributed by atoms with van der Waals surface area (Å²) in [6.45, 7) is 2.56. The lowest BCUT2D eigenvalue weighted by atomic mass is 10.3. The largest absolute Gasteiger partial charge is 0.390 e. The van der Waals surface area contributed by atoms with Crippen LogP contribution in [0.3, 0.4) is 0 Å². The third-order valence-electron chi connectivity index (χ3n) is 2.23. The molecule has 0 spiro atoms. The number of aliphatic hydroxyl groups is 1. The Labute approximate surface area is 82.3 Å². The average molecular weight is 198 g/mol. The van der Waals surface area contributed by atoms with E-state index in [1.165, 1.54) is 0 Å². The van der Waals surface area contributed by atoms with Crippen LogP contribution in [0.1, 0.15) is 11.7 Å². The average Bonchev–Trinajstić information content (AvgIpc) is 2.53. The Bertz CT molecular complexity index is 279. The zero-order valence-electron chi connectivity index (χ0n) is 7.93. The van der Waals surface area contributed by atoms with Crippen molar-refractivity contribution >= 4 is 0 Å². The molecular formula is C9H14N2O3. The molecule has 5 nitrogen and oxygen atoms in total. The van der Waals surface area contributed by atoms with E-state index in [-0.39, 0.29) is 12.6 Å². The molecule has 1 aromatic rings. The summed E-state index contributed by atoms with van der Waals surface area (Å²) in [6, 6.07) is 0.172. The van der Waals surface area contributed by atoms with Crippen molar-refractivity contribution in [2.75, 3.05) is 26.4 Å². The molecule has 1 fully saturated rings. The van der Waals surface area contributed by atoms with Crippen molar-refractivity contribution in [1.82, 2.24) is 9.55 Å². The van der Waals surface area contributed by atoms with Gasteiger partial charge in [-0.05, 0) is 0 Å². The van der Waals surface area contributed by atoms with E-state index in [2.05, 4.69) is 4.98 Å². The molecule has 1 N–H and O–H groups in total. The number of imidazole rings is 1. The van der Waals surface area contributed by atoms with Gasteiger partial charge in [-0.25, -0.2) is 4.98 Å². The maximum absolute atomic E-state index is 8.87. The lowest BCUT2D eigenvalue weighted by Crippen LogP contribution is -2.16. The van der Waals surface area contributed by atoms with Gasteiger partial charge in [-0.3, -0.25) is 0 Å². The second-order valence-electron chi connectivity index (χ2n) is 3.27. The summed E-state index contributed by atoms with van der Waals surface area (Å²) in [5.74, 6) is 0. The van der Waals surface area contributed by atoms with Gasteiger partial charge in [0.05, 0.1) is 51.1 Å². The third kappa shape index (κ3) is 2.12. The highest BCUT2D eigenvalue weighted by Gasteiger charge is 2.14. The van der Waals surface area contributed by atoms with E-state index in [1.807, 2.05) is 10.8 Å². The molecule has 0 bridgehead atoms. The fourth-order valence-corrected chi connectivity index (χ4v) is 1.44. The minimum absolute atomic E-state index is 0.0264. The van der Waals surface area contributed by atoms with Gasteiger partial charge in [-0.15, -0.1) is 0 Å². The highest BCUT2D eigenvalue weighted by Crippen LogP contribution is 2.11. The maximum atomic E-state index is 8.87. The summed E-state index contributed by atoms with van der Waals surface area (Å²) >= 11 is 0. The topological polar surface area (TPSA) is 56.5 Å². The quantitative estimate of drug-likeness (QED) is 0.724. The van der Waals surface area contributed by atoms with Gasteiger partial charge < -0.3 is 19.1 Å². The van der Waals surface area contributed by atoms with Crippen LogP contribution in [0, 0.1) is 0 Å². The number of aliphatic hydroxyl groups excluding tert-OH is 1. The fraction of sp³-hybridized carbons (Fsp3) is 0.667. The molecule has 2 heterocycles. The number of aromatic nitrogens is 2. The van der Waals surface area contributed by atoms with Crippen LogP contribution in [0.25, 0.3) is 0 Å². The van der Waals surface area contributed by atoms with Crippen molar-refractivity contribution in [3.05, 3.63) is 18.2 Å². The molecule has 14 heavy (non-hydrogen) atoms. The first-order chi connectivity index (χ1) is 6.90. The van der Waals surface area contributed by atoms with E-state index in [4.69, 9.17) is 14.6 Å². The molecule has 0 saturated carbocycles. The van der Waals surface area contributed by atoms with Gasteiger partial charge in [-0.2, -0.15) is 0 Å². The van der Waals surface area contributed by atoms with Gasteiger partial charge in [0.2, 0.25) is 0 Å². The number of rotatable bonds is 2. The molecule has 1 aromatic heterocycles. The molecule has 0 atom stereocenters. The van der Waals surface area contributed by atoms with Crippen molar-refractivity contribution in [3.63, 3.8) is 0 Å². The molecule has 1 aliphatic heterocycles. The second-order valence-corrected chi connectivity index (χ2v) is 3.27. The van der Waals surface area contributed by atoms with Crippen LogP contribution < -0.4 is 0 Å².